The van der Waals surface area contributed by atoms with Crippen LogP contribution < -0.4 is 10.6 Å². The molecule has 1 saturated carbocycles. The molecule has 2 aromatic carbocycles. The van der Waals surface area contributed by atoms with Gasteiger partial charge < -0.3 is 10.6 Å². The van der Waals surface area contributed by atoms with Crippen LogP contribution in [0.2, 0.25) is 0 Å². The summed E-state index contributed by atoms with van der Waals surface area (Å²) in [6.45, 7) is 1.88. The van der Waals surface area contributed by atoms with E-state index >= 15 is 0 Å². The molecule has 0 unspecified atom stereocenters. The maximum Gasteiger partial charge on any atom is 0.325 e. The summed E-state index contributed by atoms with van der Waals surface area (Å²) < 4.78 is 0. The van der Waals surface area contributed by atoms with Gasteiger partial charge in [0, 0.05) is 5.69 Å². The Balaban J connectivity index is 1.38. The summed E-state index contributed by atoms with van der Waals surface area (Å²) in [4.78, 5) is 38.7. The molecule has 0 aromatic heterocycles. The molecule has 2 fully saturated rings. The third-order valence-electron chi connectivity index (χ3n) is 5.95. The van der Waals surface area contributed by atoms with Gasteiger partial charge in [-0.15, -0.1) is 0 Å². The summed E-state index contributed by atoms with van der Waals surface area (Å²) >= 11 is 0. The number of rotatable bonds is 4. The minimum absolute atomic E-state index is 0.274. The van der Waals surface area contributed by atoms with Gasteiger partial charge in [-0.25, -0.2) is 4.79 Å². The van der Waals surface area contributed by atoms with Crippen molar-refractivity contribution in [2.75, 3.05) is 11.9 Å². The Labute approximate surface area is 170 Å². The Morgan fingerprint density at radius 2 is 1.66 bits per heavy atom. The molecular formula is C23H25N3O3. The van der Waals surface area contributed by atoms with Crippen LogP contribution in [-0.2, 0) is 9.59 Å². The van der Waals surface area contributed by atoms with Gasteiger partial charge in [-0.05, 0) is 54.9 Å². The fraction of sp³-hybridized carbons (Fsp3) is 0.348. The molecule has 1 heterocycles. The molecule has 0 bridgehead atoms. The van der Waals surface area contributed by atoms with E-state index in [-0.39, 0.29) is 18.4 Å². The van der Waals surface area contributed by atoms with Crippen molar-refractivity contribution in [1.29, 1.82) is 0 Å². The first-order valence-electron chi connectivity index (χ1n) is 10.1. The van der Waals surface area contributed by atoms with E-state index in [0.717, 1.165) is 28.9 Å². The summed E-state index contributed by atoms with van der Waals surface area (Å²) in [5.41, 5.74) is 1.95. The van der Waals surface area contributed by atoms with Crippen molar-refractivity contribution in [2.45, 2.75) is 38.1 Å². The first kappa shape index (κ1) is 19.2. The van der Waals surface area contributed by atoms with Crippen molar-refractivity contribution in [2.24, 2.45) is 5.92 Å². The number of urea groups is 1. The van der Waals surface area contributed by atoms with Gasteiger partial charge in [-0.1, -0.05) is 49.4 Å². The molecule has 1 aliphatic carbocycles. The largest absolute Gasteiger partial charge is 0.325 e. The van der Waals surface area contributed by atoms with Gasteiger partial charge in [0.15, 0.2) is 0 Å². The summed E-state index contributed by atoms with van der Waals surface area (Å²) in [5, 5.41) is 5.62. The molecular weight excluding hydrogens is 366 g/mol. The fourth-order valence-corrected chi connectivity index (χ4v) is 4.13. The van der Waals surface area contributed by atoms with E-state index in [0.29, 0.717) is 24.4 Å². The lowest BCUT2D eigenvalue weighted by Crippen LogP contribution is -2.49. The Morgan fingerprint density at radius 1 is 1.03 bits per heavy atom. The molecule has 6 heteroatoms. The number of hydrogen-bond acceptors (Lipinski definition) is 3. The Morgan fingerprint density at radius 3 is 2.31 bits per heavy atom. The van der Waals surface area contributed by atoms with Gasteiger partial charge in [0.05, 0.1) is 0 Å². The second-order valence-electron chi connectivity index (χ2n) is 8.08. The van der Waals surface area contributed by atoms with Crippen molar-refractivity contribution in [3.63, 3.8) is 0 Å². The predicted molar refractivity (Wildman–Crippen MR) is 111 cm³/mol. The van der Waals surface area contributed by atoms with E-state index in [1.165, 1.54) is 0 Å². The van der Waals surface area contributed by atoms with Crippen molar-refractivity contribution >= 4 is 23.5 Å². The van der Waals surface area contributed by atoms with Gasteiger partial charge >= 0.3 is 6.03 Å². The van der Waals surface area contributed by atoms with Crippen LogP contribution in [0.5, 0.6) is 0 Å². The quantitative estimate of drug-likeness (QED) is 0.779. The zero-order valence-electron chi connectivity index (χ0n) is 16.5. The minimum atomic E-state index is -0.818. The van der Waals surface area contributed by atoms with E-state index < -0.39 is 11.6 Å². The molecule has 0 atom stereocenters. The van der Waals surface area contributed by atoms with Crippen molar-refractivity contribution in [3.8, 4) is 11.1 Å². The highest BCUT2D eigenvalue weighted by Crippen LogP contribution is 2.36. The van der Waals surface area contributed by atoms with Crippen molar-refractivity contribution < 1.29 is 14.4 Å². The van der Waals surface area contributed by atoms with E-state index in [1.807, 2.05) is 54.6 Å². The number of nitrogens with zero attached hydrogens (tertiary/aromatic N) is 1. The van der Waals surface area contributed by atoms with Crippen molar-refractivity contribution in [3.05, 3.63) is 54.6 Å². The second kappa shape index (κ2) is 7.70. The normalized spacial score (nSPS) is 23.9. The van der Waals surface area contributed by atoms with E-state index in [2.05, 4.69) is 17.6 Å². The van der Waals surface area contributed by atoms with Crippen LogP contribution in [0.15, 0.2) is 54.6 Å². The summed E-state index contributed by atoms with van der Waals surface area (Å²) in [6, 6.07) is 17.0. The van der Waals surface area contributed by atoms with Gasteiger partial charge in [-0.3, -0.25) is 14.5 Å². The molecule has 1 saturated heterocycles. The number of benzene rings is 2. The summed E-state index contributed by atoms with van der Waals surface area (Å²) in [5.74, 6) is -0.104. The van der Waals surface area contributed by atoms with Crippen LogP contribution in [0, 0.1) is 5.92 Å². The third kappa shape index (κ3) is 3.88. The van der Waals surface area contributed by atoms with Crippen molar-refractivity contribution in [1.82, 2.24) is 10.2 Å². The molecule has 1 spiro atoms. The zero-order chi connectivity index (χ0) is 20.4. The molecule has 2 aliphatic rings. The second-order valence-corrected chi connectivity index (χ2v) is 8.08. The Bertz CT molecular complexity index is 916. The van der Waals surface area contributed by atoms with Crippen LogP contribution in [0.25, 0.3) is 11.1 Å². The maximum atomic E-state index is 12.9. The number of imide groups is 1. The lowest BCUT2D eigenvalue weighted by atomic mass is 9.77. The third-order valence-corrected chi connectivity index (χ3v) is 5.95. The number of anilines is 1. The lowest BCUT2D eigenvalue weighted by Gasteiger charge is -2.33. The van der Waals surface area contributed by atoms with E-state index in [9.17, 15) is 14.4 Å². The molecule has 6 nitrogen and oxygen atoms in total. The number of hydrogen-bond donors (Lipinski definition) is 2. The molecule has 29 heavy (non-hydrogen) atoms. The predicted octanol–water partition coefficient (Wildman–Crippen LogP) is 3.79. The van der Waals surface area contributed by atoms with Crippen LogP contribution in [0.1, 0.15) is 32.6 Å². The number of nitrogens with one attached hydrogen (secondary N) is 2. The van der Waals surface area contributed by atoms with Gasteiger partial charge in [-0.2, -0.15) is 0 Å². The van der Waals surface area contributed by atoms with E-state index in [1.54, 1.807) is 0 Å². The molecule has 4 amide bonds. The monoisotopic (exact) mass is 391 g/mol. The molecule has 2 N–H and O–H groups in total. The topological polar surface area (TPSA) is 78.5 Å². The number of carbonyl (C=O) groups is 3. The molecule has 0 radical (unpaired) electrons. The zero-order valence-corrected chi connectivity index (χ0v) is 16.5. The number of amides is 4. The van der Waals surface area contributed by atoms with Crippen LogP contribution in [-0.4, -0.2) is 34.8 Å². The summed E-state index contributed by atoms with van der Waals surface area (Å²) in [6.07, 6.45) is 3.08. The molecule has 2 aromatic rings. The van der Waals surface area contributed by atoms with Crippen LogP contribution in [0.3, 0.4) is 0 Å². The lowest BCUT2D eigenvalue weighted by molar-refractivity contribution is -0.135. The highest BCUT2D eigenvalue weighted by atomic mass is 16.2. The highest BCUT2D eigenvalue weighted by Gasteiger charge is 2.52. The molecule has 150 valence electrons. The van der Waals surface area contributed by atoms with Gasteiger partial charge in [0.2, 0.25) is 5.91 Å². The average molecular weight is 391 g/mol. The average Bonchev–Trinajstić information content (AvgIpc) is 2.96. The first-order chi connectivity index (χ1) is 14.0. The molecule has 4 rings (SSSR count). The standard InChI is InChI=1S/C23H25N3O3/c1-16-11-13-23(14-12-16)21(28)26(22(29)25-23)15-20(27)24-19-9-7-18(8-10-19)17-5-3-2-4-6-17/h2-10,16H,11-15H2,1H3,(H,24,27)(H,25,29). The summed E-state index contributed by atoms with van der Waals surface area (Å²) in [7, 11) is 0. The first-order valence-corrected chi connectivity index (χ1v) is 10.1. The van der Waals surface area contributed by atoms with Crippen LogP contribution >= 0.6 is 0 Å². The smallest absolute Gasteiger partial charge is 0.325 e. The number of carbonyl (C=O) groups excluding carboxylic acids is 3. The van der Waals surface area contributed by atoms with E-state index in [4.69, 9.17) is 0 Å². The highest BCUT2D eigenvalue weighted by molar-refractivity contribution is 6.10. The maximum absolute atomic E-state index is 12.9. The minimum Gasteiger partial charge on any atom is -0.325 e. The van der Waals surface area contributed by atoms with Gasteiger partial charge in [0.1, 0.15) is 12.1 Å². The Kier molecular flexibility index (Phi) is 5.09. The molecule has 1 aliphatic heterocycles. The fourth-order valence-electron chi connectivity index (χ4n) is 4.13. The van der Waals surface area contributed by atoms with Crippen LogP contribution in [0.4, 0.5) is 10.5 Å². The SMILES string of the molecule is CC1CCC2(CC1)NC(=O)N(CC(=O)Nc1ccc(-c3ccccc3)cc1)C2=O. The Hall–Kier alpha value is -3.15. The van der Waals surface area contributed by atoms with Gasteiger partial charge in [0.25, 0.3) is 5.91 Å².